The van der Waals surface area contributed by atoms with E-state index in [9.17, 15) is 13.6 Å². The summed E-state index contributed by atoms with van der Waals surface area (Å²) in [5, 5.41) is 0. The first-order valence-electron chi connectivity index (χ1n) is 4.89. The number of carbonyl (C=O) groups excluding carboxylic acids is 1. The van der Waals surface area contributed by atoms with E-state index in [0.29, 0.717) is 5.56 Å². The summed E-state index contributed by atoms with van der Waals surface area (Å²) in [4.78, 5) is 11.4. The standard InChI is InChI=1S/C12H14F2O2/c1-12(2,11(15)16-3)7-8-4-5-9(13)6-10(8)14/h4-6H,7H2,1-3H3. The number of ether oxygens (including phenoxy) is 1. The highest BCUT2D eigenvalue weighted by molar-refractivity contribution is 5.76. The minimum atomic E-state index is -0.826. The van der Waals surface area contributed by atoms with Crippen LogP contribution in [0.15, 0.2) is 18.2 Å². The van der Waals surface area contributed by atoms with E-state index >= 15 is 0 Å². The van der Waals surface area contributed by atoms with Crippen LogP contribution in [0.3, 0.4) is 0 Å². The molecular formula is C12H14F2O2. The monoisotopic (exact) mass is 228 g/mol. The Morgan fingerprint density at radius 3 is 2.50 bits per heavy atom. The molecule has 0 unspecified atom stereocenters. The zero-order valence-electron chi connectivity index (χ0n) is 9.51. The van der Waals surface area contributed by atoms with Crippen molar-refractivity contribution < 1.29 is 18.3 Å². The molecule has 0 atom stereocenters. The Labute approximate surface area is 93.2 Å². The maximum atomic E-state index is 13.4. The lowest BCUT2D eigenvalue weighted by Crippen LogP contribution is -2.28. The maximum absolute atomic E-state index is 13.4. The van der Waals surface area contributed by atoms with Crippen LogP contribution in [0.5, 0.6) is 0 Å². The van der Waals surface area contributed by atoms with Gasteiger partial charge in [-0.1, -0.05) is 6.07 Å². The summed E-state index contributed by atoms with van der Waals surface area (Å²) in [6.45, 7) is 3.31. The topological polar surface area (TPSA) is 26.3 Å². The molecule has 0 aliphatic carbocycles. The van der Waals surface area contributed by atoms with Gasteiger partial charge in [0.1, 0.15) is 11.6 Å². The number of methoxy groups -OCH3 is 1. The van der Waals surface area contributed by atoms with Gasteiger partial charge in [-0.3, -0.25) is 4.79 Å². The molecule has 0 saturated heterocycles. The zero-order chi connectivity index (χ0) is 12.3. The molecule has 0 aromatic heterocycles. The number of hydrogen-bond donors (Lipinski definition) is 0. The third kappa shape index (κ3) is 2.78. The van der Waals surface area contributed by atoms with Crippen LogP contribution in [0, 0.1) is 17.0 Å². The molecule has 0 N–H and O–H groups in total. The maximum Gasteiger partial charge on any atom is 0.311 e. The Morgan fingerprint density at radius 2 is 2.00 bits per heavy atom. The molecule has 1 rings (SSSR count). The van der Waals surface area contributed by atoms with E-state index in [0.717, 1.165) is 6.07 Å². The van der Waals surface area contributed by atoms with E-state index in [1.165, 1.54) is 19.2 Å². The van der Waals surface area contributed by atoms with Crippen LogP contribution >= 0.6 is 0 Å². The summed E-state index contributed by atoms with van der Waals surface area (Å²) >= 11 is 0. The molecule has 0 heterocycles. The Kier molecular flexibility index (Phi) is 3.62. The van der Waals surface area contributed by atoms with Gasteiger partial charge >= 0.3 is 5.97 Å². The van der Waals surface area contributed by atoms with Crippen molar-refractivity contribution in [1.29, 1.82) is 0 Å². The Morgan fingerprint density at radius 1 is 1.38 bits per heavy atom. The molecule has 0 fully saturated rings. The molecule has 1 aromatic carbocycles. The van der Waals surface area contributed by atoms with E-state index in [4.69, 9.17) is 0 Å². The van der Waals surface area contributed by atoms with Crippen LogP contribution in [-0.4, -0.2) is 13.1 Å². The van der Waals surface area contributed by atoms with Gasteiger partial charge in [-0.25, -0.2) is 8.78 Å². The molecule has 4 heteroatoms. The lowest BCUT2D eigenvalue weighted by atomic mass is 9.85. The van der Waals surface area contributed by atoms with Crippen molar-refractivity contribution >= 4 is 5.97 Å². The minimum Gasteiger partial charge on any atom is -0.469 e. The second kappa shape index (κ2) is 4.60. The fourth-order valence-electron chi connectivity index (χ4n) is 1.49. The molecule has 0 bridgehead atoms. The normalized spacial score (nSPS) is 11.3. The van der Waals surface area contributed by atoms with Crippen molar-refractivity contribution in [2.75, 3.05) is 7.11 Å². The van der Waals surface area contributed by atoms with Gasteiger partial charge in [-0.2, -0.15) is 0 Å². The highest BCUT2D eigenvalue weighted by Gasteiger charge is 2.29. The third-order valence-corrected chi connectivity index (χ3v) is 2.39. The first-order chi connectivity index (χ1) is 7.36. The molecular weight excluding hydrogens is 214 g/mol. The SMILES string of the molecule is COC(=O)C(C)(C)Cc1ccc(F)cc1F. The van der Waals surface area contributed by atoms with Crippen LogP contribution < -0.4 is 0 Å². The molecule has 88 valence electrons. The summed E-state index contributed by atoms with van der Waals surface area (Å²) in [5.41, 5.74) is -0.523. The molecule has 0 saturated carbocycles. The van der Waals surface area contributed by atoms with E-state index in [-0.39, 0.29) is 6.42 Å². The summed E-state index contributed by atoms with van der Waals surface area (Å²) in [6.07, 6.45) is 0.172. The van der Waals surface area contributed by atoms with Gasteiger partial charge in [0.25, 0.3) is 0 Å². The second-order valence-electron chi connectivity index (χ2n) is 4.29. The van der Waals surface area contributed by atoms with Crippen molar-refractivity contribution in [3.8, 4) is 0 Å². The Bertz CT molecular complexity index is 400. The molecule has 0 aliphatic heterocycles. The van der Waals surface area contributed by atoms with E-state index in [2.05, 4.69) is 4.74 Å². The molecule has 1 aromatic rings. The van der Waals surface area contributed by atoms with E-state index in [1.807, 2.05) is 0 Å². The molecule has 2 nitrogen and oxygen atoms in total. The highest BCUT2D eigenvalue weighted by Crippen LogP contribution is 2.25. The Hall–Kier alpha value is -1.45. The van der Waals surface area contributed by atoms with E-state index in [1.54, 1.807) is 13.8 Å². The fraction of sp³-hybridized carbons (Fsp3) is 0.417. The predicted octanol–water partition coefficient (Wildman–Crippen LogP) is 2.71. The average molecular weight is 228 g/mol. The first-order valence-corrected chi connectivity index (χ1v) is 4.89. The van der Waals surface area contributed by atoms with Gasteiger partial charge in [0, 0.05) is 6.07 Å². The smallest absolute Gasteiger partial charge is 0.311 e. The fourth-order valence-corrected chi connectivity index (χ4v) is 1.49. The second-order valence-corrected chi connectivity index (χ2v) is 4.29. The summed E-state index contributed by atoms with van der Waals surface area (Å²) in [5.74, 6) is -1.69. The average Bonchev–Trinajstić information content (AvgIpc) is 2.21. The molecule has 0 aliphatic rings. The van der Waals surface area contributed by atoms with Crippen LogP contribution in [0.2, 0.25) is 0 Å². The van der Waals surface area contributed by atoms with Crippen molar-refractivity contribution in [2.45, 2.75) is 20.3 Å². The van der Waals surface area contributed by atoms with Gasteiger partial charge in [0.2, 0.25) is 0 Å². The summed E-state index contributed by atoms with van der Waals surface area (Å²) in [7, 11) is 1.28. The van der Waals surface area contributed by atoms with Crippen LogP contribution in [0.1, 0.15) is 19.4 Å². The van der Waals surface area contributed by atoms with Gasteiger partial charge in [0.15, 0.2) is 0 Å². The van der Waals surface area contributed by atoms with Gasteiger partial charge in [-0.15, -0.1) is 0 Å². The number of halogens is 2. The van der Waals surface area contributed by atoms with Crippen LogP contribution in [0.4, 0.5) is 8.78 Å². The van der Waals surface area contributed by atoms with E-state index < -0.39 is 23.0 Å². The predicted molar refractivity (Wildman–Crippen MR) is 55.9 cm³/mol. The number of carbonyl (C=O) groups is 1. The number of hydrogen-bond acceptors (Lipinski definition) is 2. The van der Waals surface area contributed by atoms with Gasteiger partial charge in [0.05, 0.1) is 12.5 Å². The number of rotatable bonds is 3. The molecule has 0 spiro atoms. The molecule has 16 heavy (non-hydrogen) atoms. The van der Waals surface area contributed by atoms with Crippen molar-refractivity contribution in [2.24, 2.45) is 5.41 Å². The van der Waals surface area contributed by atoms with Crippen molar-refractivity contribution in [1.82, 2.24) is 0 Å². The number of benzene rings is 1. The Balaban J connectivity index is 2.92. The lowest BCUT2D eigenvalue weighted by Gasteiger charge is -2.21. The highest BCUT2D eigenvalue weighted by atomic mass is 19.1. The third-order valence-electron chi connectivity index (χ3n) is 2.39. The largest absolute Gasteiger partial charge is 0.469 e. The van der Waals surface area contributed by atoms with Crippen LogP contribution in [0.25, 0.3) is 0 Å². The van der Waals surface area contributed by atoms with Gasteiger partial charge < -0.3 is 4.74 Å². The summed E-state index contributed by atoms with van der Waals surface area (Å²) < 4.78 is 30.6. The van der Waals surface area contributed by atoms with Gasteiger partial charge in [-0.05, 0) is 31.9 Å². The van der Waals surface area contributed by atoms with Crippen molar-refractivity contribution in [3.05, 3.63) is 35.4 Å². The van der Waals surface area contributed by atoms with Crippen LogP contribution in [-0.2, 0) is 16.0 Å². The first kappa shape index (κ1) is 12.6. The minimum absolute atomic E-state index is 0.172. The lowest BCUT2D eigenvalue weighted by molar-refractivity contribution is -0.150. The van der Waals surface area contributed by atoms with Crippen molar-refractivity contribution in [3.63, 3.8) is 0 Å². The number of esters is 1. The zero-order valence-corrected chi connectivity index (χ0v) is 9.51. The molecule has 0 amide bonds. The quantitative estimate of drug-likeness (QED) is 0.743. The molecule has 0 radical (unpaired) electrons. The summed E-state index contributed by atoms with van der Waals surface area (Å²) in [6, 6.07) is 3.32.